The Balaban J connectivity index is 2.31. The number of halogens is 1. The molecule has 6 heteroatoms. The standard InChI is InChI=1S/C19H18FN3O2/c1-11(22-25)13-8-9-17-15(10-13)18(14-6-4-5-7-16(14)20)21-12(2)19(24)23(17)3/h4-10,12,25H,1-3H3/b22-11+. The molecule has 0 saturated heterocycles. The van der Waals surface area contributed by atoms with Crippen LogP contribution in [0.4, 0.5) is 10.1 Å². The molecule has 0 aromatic heterocycles. The highest BCUT2D eigenvalue weighted by Crippen LogP contribution is 2.29. The number of nitrogens with zero attached hydrogens (tertiary/aromatic N) is 3. The third-order valence-corrected chi connectivity index (χ3v) is 4.32. The number of carbonyl (C=O) groups excluding carboxylic acids is 1. The van der Waals surface area contributed by atoms with Gasteiger partial charge in [0.1, 0.15) is 11.9 Å². The minimum absolute atomic E-state index is 0.173. The van der Waals surface area contributed by atoms with Crippen molar-refractivity contribution in [2.45, 2.75) is 19.9 Å². The van der Waals surface area contributed by atoms with Crippen LogP contribution in [-0.2, 0) is 4.79 Å². The smallest absolute Gasteiger partial charge is 0.251 e. The second-order valence-corrected chi connectivity index (χ2v) is 5.95. The number of benzodiazepines with no additional fused rings is 1. The number of amides is 1. The molecule has 1 heterocycles. The number of fused-ring (bicyclic) bond motifs is 1. The van der Waals surface area contributed by atoms with Gasteiger partial charge in [-0.25, -0.2) is 4.39 Å². The van der Waals surface area contributed by atoms with Crippen LogP contribution in [0.1, 0.15) is 30.5 Å². The SMILES string of the molecule is C/C(=N\O)c1ccc2c(c1)C(c1ccccc1F)=NC(C)C(=O)N2C. The fraction of sp³-hybridized carbons (Fsp3) is 0.211. The molecule has 0 fully saturated rings. The van der Waals surface area contributed by atoms with Crippen LogP contribution in [0.3, 0.4) is 0 Å². The topological polar surface area (TPSA) is 65.3 Å². The van der Waals surface area contributed by atoms with E-state index >= 15 is 0 Å². The maximum absolute atomic E-state index is 14.4. The average Bonchev–Trinajstić information content (AvgIpc) is 2.72. The van der Waals surface area contributed by atoms with Crippen LogP contribution in [0.5, 0.6) is 0 Å². The van der Waals surface area contributed by atoms with E-state index in [0.717, 1.165) is 0 Å². The van der Waals surface area contributed by atoms with Crippen molar-refractivity contribution in [1.29, 1.82) is 0 Å². The lowest BCUT2D eigenvalue weighted by molar-refractivity contribution is -0.119. The van der Waals surface area contributed by atoms with E-state index in [0.29, 0.717) is 33.8 Å². The van der Waals surface area contributed by atoms with E-state index in [-0.39, 0.29) is 5.91 Å². The van der Waals surface area contributed by atoms with Crippen molar-refractivity contribution in [2.75, 3.05) is 11.9 Å². The maximum atomic E-state index is 14.4. The third-order valence-electron chi connectivity index (χ3n) is 4.32. The van der Waals surface area contributed by atoms with Gasteiger partial charge < -0.3 is 10.1 Å². The minimum atomic E-state index is -0.636. The quantitative estimate of drug-likeness (QED) is 0.519. The molecule has 0 aliphatic carbocycles. The van der Waals surface area contributed by atoms with Gasteiger partial charge in [0, 0.05) is 18.2 Å². The van der Waals surface area contributed by atoms with Crippen LogP contribution in [0, 0.1) is 5.82 Å². The summed E-state index contributed by atoms with van der Waals surface area (Å²) in [5.74, 6) is -0.581. The fourth-order valence-corrected chi connectivity index (χ4v) is 2.89. The molecule has 25 heavy (non-hydrogen) atoms. The minimum Gasteiger partial charge on any atom is -0.411 e. The van der Waals surface area contributed by atoms with E-state index in [4.69, 9.17) is 5.21 Å². The van der Waals surface area contributed by atoms with Crippen molar-refractivity contribution in [1.82, 2.24) is 0 Å². The Morgan fingerprint density at radius 1 is 1.24 bits per heavy atom. The first-order valence-corrected chi connectivity index (χ1v) is 7.87. The molecular formula is C19H18FN3O2. The Labute approximate surface area is 145 Å². The van der Waals surface area contributed by atoms with Gasteiger partial charge in [-0.15, -0.1) is 0 Å². The summed E-state index contributed by atoms with van der Waals surface area (Å²) in [6, 6.07) is 11.0. The summed E-state index contributed by atoms with van der Waals surface area (Å²) in [4.78, 5) is 18.5. The molecule has 128 valence electrons. The van der Waals surface area contributed by atoms with Crippen LogP contribution in [0.2, 0.25) is 0 Å². The number of likely N-dealkylation sites (N-methyl/N-ethyl adjacent to an activating group) is 1. The van der Waals surface area contributed by atoms with E-state index in [1.54, 1.807) is 57.3 Å². The van der Waals surface area contributed by atoms with Crippen LogP contribution >= 0.6 is 0 Å². The number of benzene rings is 2. The number of carbonyl (C=O) groups is 1. The van der Waals surface area contributed by atoms with Gasteiger partial charge in [-0.3, -0.25) is 9.79 Å². The summed E-state index contributed by atoms with van der Waals surface area (Å²) < 4.78 is 14.4. The van der Waals surface area contributed by atoms with E-state index in [2.05, 4.69) is 10.1 Å². The summed E-state index contributed by atoms with van der Waals surface area (Å²) in [5, 5.41) is 12.3. The zero-order valence-electron chi connectivity index (χ0n) is 14.2. The Bertz CT molecular complexity index is 905. The highest BCUT2D eigenvalue weighted by Gasteiger charge is 2.28. The molecular weight excluding hydrogens is 321 g/mol. The molecule has 2 aromatic carbocycles. The zero-order chi connectivity index (χ0) is 18.1. The second-order valence-electron chi connectivity index (χ2n) is 5.95. The van der Waals surface area contributed by atoms with Gasteiger partial charge >= 0.3 is 0 Å². The largest absolute Gasteiger partial charge is 0.411 e. The molecule has 1 aliphatic rings. The predicted octanol–water partition coefficient (Wildman–Crippen LogP) is 3.23. The van der Waals surface area contributed by atoms with Crippen molar-refractivity contribution in [3.05, 3.63) is 65.0 Å². The Morgan fingerprint density at radius 3 is 2.64 bits per heavy atom. The number of anilines is 1. The van der Waals surface area contributed by atoms with Crippen molar-refractivity contribution >= 4 is 23.0 Å². The highest BCUT2D eigenvalue weighted by atomic mass is 19.1. The monoisotopic (exact) mass is 339 g/mol. The van der Waals surface area contributed by atoms with Crippen LogP contribution in [-0.4, -0.2) is 35.6 Å². The molecule has 1 aliphatic heterocycles. The van der Waals surface area contributed by atoms with Crippen LogP contribution in [0.15, 0.2) is 52.6 Å². The summed E-state index contributed by atoms with van der Waals surface area (Å²) >= 11 is 0. The van der Waals surface area contributed by atoms with Crippen molar-refractivity contribution < 1.29 is 14.4 Å². The summed E-state index contributed by atoms with van der Waals surface area (Å²) in [7, 11) is 1.67. The van der Waals surface area contributed by atoms with Gasteiger partial charge in [0.15, 0.2) is 0 Å². The average molecular weight is 339 g/mol. The predicted molar refractivity (Wildman–Crippen MR) is 95.4 cm³/mol. The van der Waals surface area contributed by atoms with Crippen LogP contribution < -0.4 is 4.90 Å². The molecule has 1 unspecified atom stereocenters. The number of hydrogen-bond donors (Lipinski definition) is 1. The van der Waals surface area contributed by atoms with E-state index in [1.165, 1.54) is 11.0 Å². The van der Waals surface area contributed by atoms with Gasteiger partial charge in [-0.2, -0.15) is 0 Å². The van der Waals surface area contributed by atoms with E-state index in [1.807, 2.05) is 0 Å². The Kier molecular flexibility index (Phi) is 4.35. The summed E-state index contributed by atoms with van der Waals surface area (Å²) in [6.45, 7) is 3.35. The Hall–Kier alpha value is -3.02. The summed E-state index contributed by atoms with van der Waals surface area (Å²) in [6.07, 6.45) is 0. The van der Waals surface area contributed by atoms with Gasteiger partial charge in [0.25, 0.3) is 5.91 Å². The molecule has 0 spiro atoms. The molecule has 1 amide bonds. The first-order chi connectivity index (χ1) is 11.9. The molecule has 3 rings (SSSR count). The molecule has 0 radical (unpaired) electrons. The van der Waals surface area contributed by atoms with Crippen molar-refractivity contribution in [2.24, 2.45) is 10.1 Å². The van der Waals surface area contributed by atoms with Crippen molar-refractivity contribution in [3.63, 3.8) is 0 Å². The van der Waals surface area contributed by atoms with Gasteiger partial charge in [-0.1, -0.05) is 23.4 Å². The van der Waals surface area contributed by atoms with Gasteiger partial charge in [0.2, 0.25) is 0 Å². The molecule has 1 atom stereocenters. The molecule has 2 aromatic rings. The lowest BCUT2D eigenvalue weighted by atomic mass is 9.96. The van der Waals surface area contributed by atoms with Crippen molar-refractivity contribution in [3.8, 4) is 0 Å². The first kappa shape index (κ1) is 16.8. The second kappa shape index (κ2) is 6.47. The maximum Gasteiger partial charge on any atom is 0.251 e. The molecule has 0 saturated carbocycles. The normalized spacial score (nSPS) is 17.8. The summed E-state index contributed by atoms with van der Waals surface area (Å²) in [5.41, 5.74) is 3.07. The van der Waals surface area contributed by atoms with Gasteiger partial charge in [-0.05, 0) is 43.7 Å². The number of rotatable bonds is 2. The zero-order valence-corrected chi connectivity index (χ0v) is 14.2. The first-order valence-electron chi connectivity index (χ1n) is 7.87. The van der Waals surface area contributed by atoms with E-state index in [9.17, 15) is 9.18 Å². The van der Waals surface area contributed by atoms with Gasteiger partial charge in [0.05, 0.1) is 17.1 Å². The number of oxime groups is 1. The molecule has 5 nitrogen and oxygen atoms in total. The fourth-order valence-electron chi connectivity index (χ4n) is 2.89. The van der Waals surface area contributed by atoms with Crippen LogP contribution in [0.25, 0.3) is 0 Å². The number of aliphatic imine (C=N–C) groups is 1. The lowest BCUT2D eigenvalue weighted by Crippen LogP contribution is -2.33. The third kappa shape index (κ3) is 2.91. The molecule has 1 N–H and O–H groups in total. The Morgan fingerprint density at radius 2 is 1.96 bits per heavy atom. The lowest BCUT2D eigenvalue weighted by Gasteiger charge is -2.20. The highest BCUT2D eigenvalue weighted by molar-refractivity contribution is 6.21. The number of hydrogen-bond acceptors (Lipinski definition) is 4. The molecule has 0 bridgehead atoms. The van der Waals surface area contributed by atoms with E-state index < -0.39 is 11.9 Å².